The maximum Gasteiger partial charge on any atom is 0.309 e. The predicted octanol–water partition coefficient (Wildman–Crippen LogP) is 4.50. The fraction of sp³-hybridized carbons (Fsp3) is 0.318. The van der Waals surface area contributed by atoms with Crippen molar-refractivity contribution in [3.8, 4) is 11.1 Å². The first-order chi connectivity index (χ1) is 13.2. The van der Waals surface area contributed by atoms with E-state index in [1.807, 2.05) is 19.1 Å². The highest BCUT2D eigenvalue weighted by Gasteiger charge is 2.26. The Morgan fingerprint density at radius 1 is 1.07 bits per heavy atom. The molecule has 6 heteroatoms. The van der Waals surface area contributed by atoms with Gasteiger partial charge in [-0.15, -0.1) is 12.4 Å². The molecule has 0 atom stereocenters. The number of halogens is 1. The van der Waals surface area contributed by atoms with Gasteiger partial charge in [0.25, 0.3) is 0 Å². The van der Waals surface area contributed by atoms with Gasteiger partial charge in [0.15, 0.2) is 0 Å². The van der Waals surface area contributed by atoms with Crippen molar-refractivity contribution in [1.82, 2.24) is 9.97 Å². The first kappa shape index (κ1) is 20.1. The number of pyridine rings is 2. The minimum absolute atomic E-state index is 0. The number of carbonyl (C=O) groups is 1. The van der Waals surface area contributed by atoms with Crippen molar-refractivity contribution in [3.05, 3.63) is 54.9 Å². The summed E-state index contributed by atoms with van der Waals surface area (Å²) in [5.41, 5.74) is 3.30. The van der Waals surface area contributed by atoms with E-state index in [9.17, 15) is 4.79 Å². The zero-order valence-corrected chi connectivity index (χ0v) is 16.7. The molecular weight excluding hydrogens is 374 g/mol. The highest BCUT2D eigenvalue weighted by Crippen LogP contribution is 2.27. The number of aromatic nitrogens is 2. The van der Waals surface area contributed by atoms with Gasteiger partial charge >= 0.3 is 5.97 Å². The Balaban J connectivity index is 0.00000225. The molecule has 28 heavy (non-hydrogen) atoms. The van der Waals surface area contributed by atoms with E-state index >= 15 is 0 Å². The van der Waals surface area contributed by atoms with Crippen LogP contribution < -0.4 is 4.90 Å². The van der Waals surface area contributed by atoms with E-state index in [4.69, 9.17) is 9.72 Å². The molecule has 0 aliphatic carbocycles. The number of carbonyl (C=O) groups excluding carboxylic acids is 1. The standard InChI is InChI=1S/C22H23N3O2.ClH/c1-2-27-22(26)17-9-13-25(14-10-17)21-6-4-19-15-18(3-5-20(19)24-21)16-7-11-23-12-8-16;/h3-8,11-12,15,17H,2,9-10,13-14H2,1H3;1H. The van der Waals surface area contributed by atoms with E-state index in [0.29, 0.717) is 6.61 Å². The van der Waals surface area contributed by atoms with Crippen LogP contribution in [-0.4, -0.2) is 35.6 Å². The number of piperidine rings is 1. The first-order valence-corrected chi connectivity index (χ1v) is 9.47. The van der Waals surface area contributed by atoms with Gasteiger partial charge < -0.3 is 9.64 Å². The average molecular weight is 398 g/mol. The SMILES string of the molecule is CCOC(=O)C1CCN(c2ccc3cc(-c4ccncc4)ccc3n2)CC1.Cl. The number of fused-ring (bicyclic) bond motifs is 1. The smallest absolute Gasteiger partial charge is 0.309 e. The van der Waals surface area contributed by atoms with E-state index < -0.39 is 0 Å². The predicted molar refractivity (Wildman–Crippen MR) is 114 cm³/mol. The summed E-state index contributed by atoms with van der Waals surface area (Å²) in [7, 11) is 0. The van der Waals surface area contributed by atoms with Crippen LogP contribution in [0.1, 0.15) is 19.8 Å². The van der Waals surface area contributed by atoms with Gasteiger partial charge in [0.1, 0.15) is 5.82 Å². The number of benzene rings is 1. The molecule has 5 nitrogen and oxygen atoms in total. The fourth-order valence-corrected chi connectivity index (χ4v) is 3.62. The minimum atomic E-state index is -0.0627. The van der Waals surface area contributed by atoms with Crippen LogP contribution in [0.25, 0.3) is 22.0 Å². The molecule has 1 aliphatic heterocycles. The maximum absolute atomic E-state index is 11.9. The summed E-state index contributed by atoms with van der Waals surface area (Å²) in [6.07, 6.45) is 5.25. The summed E-state index contributed by atoms with van der Waals surface area (Å²) in [5.74, 6) is 0.929. The molecule has 0 spiro atoms. The minimum Gasteiger partial charge on any atom is -0.466 e. The van der Waals surface area contributed by atoms with Crippen LogP contribution in [0.3, 0.4) is 0 Å². The molecule has 146 valence electrons. The molecule has 0 saturated carbocycles. The van der Waals surface area contributed by atoms with Gasteiger partial charge in [-0.25, -0.2) is 4.98 Å². The van der Waals surface area contributed by atoms with Crippen molar-refractivity contribution >= 4 is 35.1 Å². The van der Waals surface area contributed by atoms with Gasteiger partial charge in [0.2, 0.25) is 0 Å². The molecule has 2 aromatic heterocycles. The van der Waals surface area contributed by atoms with E-state index in [1.165, 1.54) is 0 Å². The Morgan fingerprint density at radius 2 is 1.82 bits per heavy atom. The Kier molecular flexibility index (Phi) is 6.47. The Bertz CT molecular complexity index is 941. The van der Waals surface area contributed by atoms with Crippen molar-refractivity contribution < 1.29 is 9.53 Å². The summed E-state index contributed by atoms with van der Waals surface area (Å²) in [4.78, 5) is 23.1. The second-order valence-corrected chi connectivity index (χ2v) is 6.83. The molecule has 1 aliphatic rings. The number of hydrogen-bond acceptors (Lipinski definition) is 5. The van der Waals surface area contributed by atoms with Crippen LogP contribution >= 0.6 is 12.4 Å². The molecule has 3 aromatic rings. The van der Waals surface area contributed by atoms with E-state index in [1.54, 1.807) is 12.4 Å². The van der Waals surface area contributed by atoms with Crippen molar-refractivity contribution in [3.63, 3.8) is 0 Å². The highest BCUT2D eigenvalue weighted by atomic mass is 35.5. The zero-order chi connectivity index (χ0) is 18.6. The summed E-state index contributed by atoms with van der Waals surface area (Å²) >= 11 is 0. The lowest BCUT2D eigenvalue weighted by Crippen LogP contribution is -2.37. The number of anilines is 1. The fourth-order valence-electron chi connectivity index (χ4n) is 3.62. The van der Waals surface area contributed by atoms with Crippen LogP contribution in [0.5, 0.6) is 0 Å². The molecule has 0 bridgehead atoms. The van der Waals surface area contributed by atoms with E-state index in [2.05, 4.69) is 40.2 Å². The molecule has 1 saturated heterocycles. The quantitative estimate of drug-likeness (QED) is 0.607. The molecule has 1 aromatic carbocycles. The number of rotatable bonds is 4. The van der Waals surface area contributed by atoms with Crippen LogP contribution in [0.2, 0.25) is 0 Å². The molecule has 4 rings (SSSR count). The number of esters is 1. The molecule has 1 fully saturated rings. The highest BCUT2D eigenvalue weighted by molar-refractivity contribution is 5.86. The Labute approximate surface area is 171 Å². The third-order valence-electron chi connectivity index (χ3n) is 5.13. The second-order valence-electron chi connectivity index (χ2n) is 6.83. The Morgan fingerprint density at radius 3 is 2.54 bits per heavy atom. The summed E-state index contributed by atoms with van der Waals surface area (Å²) in [6, 6.07) is 14.5. The van der Waals surface area contributed by atoms with Gasteiger partial charge in [0.05, 0.1) is 18.0 Å². The zero-order valence-electron chi connectivity index (χ0n) is 15.9. The molecule has 0 N–H and O–H groups in total. The van der Waals surface area contributed by atoms with Gasteiger partial charge in [-0.1, -0.05) is 6.07 Å². The van der Waals surface area contributed by atoms with Crippen LogP contribution in [0.4, 0.5) is 5.82 Å². The maximum atomic E-state index is 11.9. The van der Waals surface area contributed by atoms with Crippen molar-refractivity contribution in [2.45, 2.75) is 19.8 Å². The molecular formula is C22H24ClN3O2. The normalized spacial score (nSPS) is 14.5. The van der Waals surface area contributed by atoms with Crippen LogP contribution in [0, 0.1) is 5.92 Å². The lowest BCUT2D eigenvalue weighted by molar-refractivity contribution is -0.148. The third-order valence-corrected chi connectivity index (χ3v) is 5.13. The monoisotopic (exact) mass is 397 g/mol. The summed E-state index contributed by atoms with van der Waals surface area (Å²) in [6.45, 7) is 3.97. The largest absolute Gasteiger partial charge is 0.466 e. The average Bonchev–Trinajstić information content (AvgIpc) is 2.74. The lowest BCUT2D eigenvalue weighted by atomic mass is 9.97. The molecule has 3 heterocycles. The van der Waals surface area contributed by atoms with E-state index in [0.717, 1.165) is 53.8 Å². The summed E-state index contributed by atoms with van der Waals surface area (Å²) in [5, 5.41) is 1.12. The number of nitrogens with zero attached hydrogens (tertiary/aromatic N) is 3. The first-order valence-electron chi connectivity index (χ1n) is 9.47. The van der Waals surface area contributed by atoms with Gasteiger partial charge in [0, 0.05) is 30.9 Å². The second kappa shape index (κ2) is 9.02. The van der Waals surface area contributed by atoms with Crippen molar-refractivity contribution in [1.29, 1.82) is 0 Å². The number of ether oxygens (including phenoxy) is 1. The van der Waals surface area contributed by atoms with Crippen molar-refractivity contribution in [2.24, 2.45) is 5.92 Å². The molecule has 0 radical (unpaired) electrons. The van der Waals surface area contributed by atoms with Gasteiger partial charge in [-0.3, -0.25) is 9.78 Å². The van der Waals surface area contributed by atoms with E-state index in [-0.39, 0.29) is 24.3 Å². The molecule has 0 amide bonds. The molecule has 0 unspecified atom stereocenters. The van der Waals surface area contributed by atoms with Crippen LogP contribution in [0.15, 0.2) is 54.9 Å². The third kappa shape index (κ3) is 4.25. The number of hydrogen-bond donors (Lipinski definition) is 0. The van der Waals surface area contributed by atoms with Gasteiger partial charge in [-0.2, -0.15) is 0 Å². The lowest BCUT2D eigenvalue weighted by Gasteiger charge is -2.31. The van der Waals surface area contributed by atoms with Crippen LogP contribution in [-0.2, 0) is 9.53 Å². The topological polar surface area (TPSA) is 55.3 Å². The summed E-state index contributed by atoms with van der Waals surface area (Å²) < 4.78 is 5.15. The van der Waals surface area contributed by atoms with Crippen molar-refractivity contribution in [2.75, 3.05) is 24.6 Å². The van der Waals surface area contributed by atoms with Gasteiger partial charge in [-0.05, 0) is 67.3 Å². The Hall–Kier alpha value is -2.66.